The minimum absolute atomic E-state index is 0.108. The van der Waals surface area contributed by atoms with Gasteiger partial charge in [0.15, 0.2) is 11.5 Å². The zero-order chi connectivity index (χ0) is 13.6. The van der Waals surface area contributed by atoms with Crippen LogP contribution in [-0.2, 0) is 6.42 Å². The van der Waals surface area contributed by atoms with Gasteiger partial charge in [-0.1, -0.05) is 19.9 Å². The summed E-state index contributed by atoms with van der Waals surface area (Å²) in [5.41, 5.74) is 7.11. The quantitative estimate of drug-likeness (QED) is 0.810. The Morgan fingerprint density at radius 2 is 1.67 bits per heavy atom. The van der Waals surface area contributed by atoms with Crippen molar-refractivity contribution < 1.29 is 9.47 Å². The Bertz CT molecular complexity index is 375. The average molecular weight is 251 g/mol. The zero-order valence-corrected chi connectivity index (χ0v) is 12.0. The molecule has 0 aliphatic carbocycles. The fourth-order valence-electron chi connectivity index (χ4n) is 1.83. The van der Waals surface area contributed by atoms with E-state index in [1.165, 1.54) is 5.56 Å². The summed E-state index contributed by atoms with van der Waals surface area (Å²) >= 11 is 0. The molecule has 0 spiro atoms. The topological polar surface area (TPSA) is 44.5 Å². The minimum atomic E-state index is 0.108. The number of nitrogens with two attached hydrogens (primary N) is 1. The third-order valence-electron chi connectivity index (χ3n) is 2.84. The van der Waals surface area contributed by atoms with E-state index in [-0.39, 0.29) is 5.41 Å². The first-order valence-corrected chi connectivity index (χ1v) is 6.61. The van der Waals surface area contributed by atoms with Crippen LogP contribution in [0.15, 0.2) is 18.2 Å². The first kappa shape index (κ1) is 14.8. The Morgan fingerprint density at radius 3 is 2.22 bits per heavy atom. The molecular formula is C15H25NO2. The van der Waals surface area contributed by atoms with Crippen LogP contribution in [0.1, 0.15) is 33.3 Å². The van der Waals surface area contributed by atoms with Crippen LogP contribution in [-0.4, -0.2) is 19.8 Å². The lowest BCUT2D eigenvalue weighted by Crippen LogP contribution is -2.25. The summed E-state index contributed by atoms with van der Waals surface area (Å²) in [5, 5.41) is 0. The molecule has 102 valence electrons. The van der Waals surface area contributed by atoms with Crippen LogP contribution in [0.2, 0.25) is 0 Å². The molecule has 0 aliphatic rings. The standard InChI is InChI=1S/C15H25NO2/c1-5-17-13-8-7-12(9-14(13)18-6-2)10-15(3,4)11-16/h7-9H,5-6,10-11,16H2,1-4H3. The molecule has 2 N–H and O–H groups in total. The molecule has 0 saturated heterocycles. The zero-order valence-electron chi connectivity index (χ0n) is 12.0. The van der Waals surface area contributed by atoms with Gasteiger partial charge in [-0.25, -0.2) is 0 Å². The maximum Gasteiger partial charge on any atom is 0.161 e. The van der Waals surface area contributed by atoms with Crippen molar-refractivity contribution in [2.24, 2.45) is 11.1 Å². The highest BCUT2D eigenvalue weighted by Crippen LogP contribution is 2.31. The molecule has 3 nitrogen and oxygen atoms in total. The van der Waals surface area contributed by atoms with E-state index in [0.717, 1.165) is 17.9 Å². The van der Waals surface area contributed by atoms with Gasteiger partial charge < -0.3 is 15.2 Å². The van der Waals surface area contributed by atoms with E-state index in [1.54, 1.807) is 0 Å². The number of hydrogen-bond donors (Lipinski definition) is 1. The van der Waals surface area contributed by atoms with E-state index in [4.69, 9.17) is 15.2 Å². The second-order valence-corrected chi connectivity index (χ2v) is 5.19. The monoisotopic (exact) mass is 251 g/mol. The second-order valence-electron chi connectivity index (χ2n) is 5.19. The van der Waals surface area contributed by atoms with Crippen molar-refractivity contribution >= 4 is 0 Å². The van der Waals surface area contributed by atoms with E-state index >= 15 is 0 Å². The van der Waals surface area contributed by atoms with Crippen molar-refractivity contribution in [2.75, 3.05) is 19.8 Å². The summed E-state index contributed by atoms with van der Waals surface area (Å²) in [6.07, 6.45) is 0.940. The van der Waals surface area contributed by atoms with Crippen molar-refractivity contribution in [3.05, 3.63) is 23.8 Å². The van der Waals surface area contributed by atoms with E-state index in [9.17, 15) is 0 Å². The first-order valence-electron chi connectivity index (χ1n) is 6.61. The molecule has 3 heteroatoms. The predicted molar refractivity (Wildman–Crippen MR) is 75.3 cm³/mol. The molecule has 0 aromatic heterocycles. The highest BCUT2D eigenvalue weighted by molar-refractivity contribution is 5.43. The van der Waals surface area contributed by atoms with Crippen molar-refractivity contribution in [3.8, 4) is 11.5 Å². The molecule has 0 fully saturated rings. The Kier molecular flexibility index (Phi) is 5.48. The Morgan fingerprint density at radius 1 is 1.06 bits per heavy atom. The van der Waals surface area contributed by atoms with Gasteiger partial charge in [-0.15, -0.1) is 0 Å². The summed E-state index contributed by atoms with van der Waals surface area (Å²) in [4.78, 5) is 0. The Labute approximate surface area is 110 Å². The third-order valence-corrected chi connectivity index (χ3v) is 2.84. The Hall–Kier alpha value is -1.22. The van der Waals surface area contributed by atoms with Gasteiger partial charge in [-0.2, -0.15) is 0 Å². The van der Waals surface area contributed by atoms with Crippen LogP contribution in [0.3, 0.4) is 0 Å². The fraction of sp³-hybridized carbons (Fsp3) is 0.600. The van der Waals surface area contributed by atoms with Crippen LogP contribution in [0, 0.1) is 5.41 Å². The number of hydrogen-bond acceptors (Lipinski definition) is 3. The lowest BCUT2D eigenvalue weighted by molar-refractivity contribution is 0.287. The highest BCUT2D eigenvalue weighted by Gasteiger charge is 2.17. The largest absolute Gasteiger partial charge is 0.490 e. The van der Waals surface area contributed by atoms with Crippen molar-refractivity contribution in [2.45, 2.75) is 34.1 Å². The molecule has 0 unspecified atom stereocenters. The smallest absolute Gasteiger partial charge is 0.161 e. The van der Waals surface area contributed by atoms with Crippen LogP contribution >= 0.6 is 0 Å². The number of ether oxygens (including phenoxy) is 2. The lowest BCUT2D eigenvalue weighted by atomic mass is 9.86. The summed E-state index contributed by atoms with van der Waals surface area (Å²) in [7, 11) is 0. The lowest BCUT2D eigenvalue weighted by Gasteiger charge is -2.23. The van der Waals surface area contributed by atoms with E-state index in [1.807, 2.05) is 19.9 Å². The van der Waals surface area contributed by atoms with Crippen LogP contribution in [0.5, 0.6) is 11.5 Å². The molecule has 0 heterocycles. The summed E-state index contributed by atoms with van der Waals surface area (Å²) < 4.78 is 11.2. The molecular weight excluding hydrogens is 226 g/mol. The summed E-state index contributed by atoms with van der Waals surface area (Å²) in [5.74, 6) is 1.64. The maximum atomic E-state index is 5.77. The van der Waals surface area contributed by atoms with Gasteiger partial charge in [-0.3, -0.25) is 0 Å². The van der Waals surface area contributed by atoms with Crippen LogP contribution in [0.4, 0.5) is 0 Å². The molecule has 0 atom stereocenters. The Balaban J connectivity index is 2.92. The second kappa shape index (κ2) is 6.64. The summed E-state index contributed by atoms with van der Waals surface area (Å²) in [6, 6.07) is 6.13. The number of benzene rings is 1. The SMILES string of the molecule is CCOc1ccc(CC(C)(C)CN)cc1OCC. The molecule has 0 amide bonds. The van der Waals surface area contributed by atoms with Gasteiger partial charge >= 0.3 is 0 Å². The van der Waals surface area contributed by atoms with E-state index < -0.39 is 0 Å². The molecule has 18 heavy (non-hydrogen) atoms. The fourth-order valence-corrected chi connectivity index (χ4v) is 1.83. The third kappa shape index (κ3) is 4.22. The predicted octanol–water partition coefficient (Wildman–Crippen LogP) is 3.01. The van der Waals surface area contributed by atoms with Crippen LogP contribution in [0.25, 0.3) is 0 Å². The minimum Gasteiger partial charge on any atom is -0.490 e. The molecule has 0 radical (unpaired) electrons. The van der Waals surface area contributed by atoms with Gasteiger partial charge in [0.1, 0.15) is 0 Å². The van der Waals surface area contributed by atoms with Gasteiger partial charge in [0.05, 0.1) is 13.2 Å². The molecule has 0 aliphatic heterocycles. The van der Waals surface area contributed by atoms with Gasteiger partial charge in [0.25, 0.3) is 0 Å². The van der Waals surface area contributed by atoms with E-state index in [2.05, 4.69) is 26.0 Å². The first-order chi connectivity index (χ1) is 8.52. The molecule has 1 rings (SSSR count). The molecule has 0 saturated carbocycles. The average Bonchev–Trinajstić information content (AvgIpc) is 2.33. The van der Waals surface area contributed by atoms with E-state index in [0.29, 0.717) is 19.8 Å². The molecule has 1 aromatic rings. The van der Waals surface area contributed by atoms with Crippen molar-refractivity contribution in [3.63, 3.8) is 0 Å². The van der Waals surface area contributed by atoms with Gasteiger partial charge in [0.2, 0.25) is 0 Å². The molecule has 0 bridgehead atoms. The molecule has 1 aromatic carbocycles. The highest BCUT2D eigenvalue weighted by atomic mass is 16.5. The van der Waals surface area contributed by atoms with Gasteiger partial charge in [-0.05, 0) is 49.9 Å². The summed E-state index contributed by atoms with van der Waals surface area (Å²) in [6.45, 7) is 10.3. The maximum absolute atomic E-state index is 5.77. The number of rotatable bonds is 7. The van der Waals surface area contributed by atoms with Crippen molar-refractivity contribution in [1.29, 1.82) is 0 Å². The van der Waals surface area contributed by atoms with Gasteiger partial charge in [0, 0.05) is 0 Å². The normalized spacial score (nSPS) is 11.4. The van der Waals surface area contributed by atoms with Crippen molar-refractivity contribution in [1.82, 2.24) is 0 Å². The van der Waals surface area contributed by atoms with Crippen LogP contribution < -0.4 is 15.2 Å².